The predicted molar refractivity (Wildman–Crippen MR) is 76.7 cm³/mol. The first-order valence-corrected chi connectivity index (χ1v) is 7.30. The molecular formula is C14H19Cl2NO. The van der Waals surface area contributed by atoms with Gasteiger partial charge in [0.2, 0.25) is 0 Å². The van der Waals surface area contributed by atoms with Crippen LogP contribution in [-0.2, 0) is 6.54 Å². The fraction of sp³-hybridized carbons (Fsp3) is 0.571. The van der Waals surface area contributed by atoms with E-state index in [0.29, 0.717) is 28.4 Å². The van der Waals surface area contributed by atoms with Crippen LogP contribution in [0.3, 0.4) is 0 Å². The third kappa shape index (κ3) is 3.53. The van der Waals surface area contributed by atoms with Crippen molar-refractivity contribution in [3.8, 4) is 5.75 Å². The van der Waals surface area contributed by atoms with Crippen molar-refractivity contribution in [1.82, 2.24) is 5.32 Å². The van der Waals surface area contributed by atoms with Gasteiger partial charge in [-0.15, -0.1) is 0 Å². The molecule has 0 aliphatic heterocycles. The lowest BCUT2D eigenvalue weighted by molar-refractivity contribution is 0.340. The molecule has 1 aromatic rings. The van der Waals surface area contributed by atoms with E-state index in [-0.39, 0.29) is 0 Å². The van der Waals surface area contributed by atoms with Crippen LogP contribution in [0.25, 0.3) is 0 Å². The Hall–Kier alpha value is -0.440. The number of hydrogen-bond donors (Lipinski definition) is 1. The second kappa shape index (κ2) is 6.65. The van der Waals surface area contributed by atoms with E-state index in [0.717, 1.165) is 12.1 Å². The number of benzene rings is 1. The van der Waals surface area contributed by atoms with Gasteiger partial charge in [-0.2, -0.15) is 0 Å². The van der Waals surface area contributed by atoms with Gasteiger partial charge in [0.15, 0.2) is 5.75 Å². The molecule has 1 N–H and O–H groups in total. The average Bonchev–Trinajstić information content (AvgIpc) is 2.84. The zero-order valence-electron chi connectivity index (χ0n) is 10.6. The molecule has 0 radical (unpaired) electrons. The number of ether oxygens (including phenoxy) is 1. The first-order chi connectivity index (χ1) is 8.70. The molecule has 1 aliphatic rings. The first kappa shape index (κ1) is 14.0. The Morgan fingerprint density at radius 3 is 2.39 bits per heavy atom. The number of nitrogens with one attached hydrogen (secondary N) is 1. The van der Waals surface area contributed by atoms with E-state index in [1.165, 1.54) is 25.7 Å². The van der Waals surface area contributed by atoms with Gasteiger partial charge < -0.3 is 10.1 Å². The Balaban J connectivity index is 2.00. The van der Waals surface area contributed by atoms with Gasteiger partial charge in [-0.25, -0.2) is 0 Å². The summed E-state index contributed by atoms with van der Waals surface area (Å²) in [5, 5.41) is 4.73. The Bertz CT molecular complexity index is 380. The van der Waals surface area contributed by atoms with Gasteiger partial charge in [0.25, 0.3) is 0 Å². The van der Waals surface area contributed by atoms with Crippen LogP contribution in [0, 0.1) is 0 Å². The third-order valence-corrected chi connectivity index (χ3v) is 3.86. The lowest BCUT2D eigenvalue weighted by Crippen LogP contribution is -2.25. The molecule has 1 fully saturated rings. The van der Waals surface area contributed by atoms with E-state index >= 15 is 0 Å². The summed E-state index contributed by atoms with van der Waals surface area (Å²) < 4.78 is 5.42. The first-order valence-electron chi connectivity index (χ1n) is 6.54. The topological polar surface area (TPSA) is 21.3 Å². The van der Waals surface area contributed by atoms with Crippen LogP contribution < -0.4 is 10.1 Å². The molecule has 0 atom stereocenters. The lowest BCUT2D eigenvalue weighted by Gasteiger charge is -2.14. The molecule has 1 aromatic carbocycles. The van der Waals surface area contributed by atoms with Crippen molar-refractivity contribution in [2.75, 3.05) is 6.61 Å². The average molecular weight is 288 g/mol. The van der Waals surface area contributed by atoms with E-state index in [1.807, 2.05) is 19.1 Å². The Morgan fingerprint density at radius 2 is 1.83 bits per heavy atom. The molecule has 0 unspecified atom stereocenters. The van der Waals surface area contributed by atoms with Gasteiger partial charge in [-0.3, -0.25) is 0 Å². The molecular weight excluding hydrogens is 269 g/mol. The minimum atomic E-state index is 0.569. The SMILES string of the molecule is CCOc1c(Cl)cc(CNC2CCCC2)cc1Cl. The normalized spacial score (nSPS) is 16.2. The summed E-state index contributed by atoms with van der Waals surface area (Å²) in [6.07, 6.45) is 5.22. The zero-order valence-corrected chi connectivity index (χ0v) is 12.2. The van der Waals surface area contributed by atoms with E-state index in [4.69, 9.17) is 27.9 Å². The van der Waals surface area contributed by atoms with Crippen molar-refractivity contribution < 1.29 is 4.74 Å². The van der Waals surface area contributed by atoms with Gasteiger partial charge in [0, 0.05) is 12.6 Å². The van der Waals surface area contributed by atoms with Crippen molar-refractivity contribution in [1.29, 1.82) is 0 Å². The van der Waals surface area contributed by atoms with Crippen LogP contribution in [0.4, 0.5) is 0 Å². The number of halogens is 2. The van der Waals surface area contributed by atoms with Crippen molar-refractivity contribution >= 4 is 23.2 Å². The van der Waals surface area contributed by atoms with Crippen LogP contribution in [0.2, 0.25) is 10.0 Å². The molecule has 0 heterocycles. The molecule has 0 saturated heterocycles. The van der Waals surface area contributed by atoms with Crippen LogP contribution >= 0.6 is 23.2 Å². The summed E-state index contributed by atoms with van der Waals surface area (Å²) in [6.45, 7) is 3.30. The highest BCUT2D eigenvalue weighted by Crippen LogP contribution is 2.34. The van der Waals surface area contributed by atoms with Gasteiger partial charge in [0.05, 0.1) is 16.7 Å². The van der Waals surface area contributed by atoms with Crippen molar-refractivity contribution in [2.45, 2.75) is 45.2 Å². The van der Waals surface area contributed by atoms with Crippen molar-refractivity contribution in [3.63, 3.8) is 0 Å². The molecule has 2 rings (SSSR count). The molecule has 0 amide bonds. The summed E-state index contributed by atoms with van der Waals surface area (Å²) in [5.74, 6) is 0.588. The maximum atomic E-state index is 6.17. The quantitative estimate of drug-likeness (QED) is 0.865. The van der Waals surface area contributed by atoms with Gasteiger partial charge in [0.1, 0.15) is 0 Å². The molecule has 4 heteroatoms. The summed E-state index contributed by atoms with van der Waals surface area (Å²) in [6, 6.07) is 4.51. The highest BCUT2D eigenvalue weighted by atomic mass is 35.5. The van der Waals surface area contributed by atoms with Crippen LogP contribution in [0.15, 0.2) is 12.1 Å². The number of rotatable bonds is 5. The predicted octanol–water partition coefficient (Wildman–Crippen LogP) is 4.42. The van der Waals surface area contributed by atoms with Crippen molar-refractivity contribution in [2.24, 2.45) is 0 Å². The molecule has 18 heavy (non-hydrogen) atoms. The van der Waals surface area contributed by atoms with E-state index in [2.05, 4.69) is 5.32 Å². The van der Waals surface area contributed by atoms with Crippen LogP contribution in [-0.4, -0.2) is 12.6 Å². The third-order valence-electron chi connectivity index (χ3n) is 3.30. The Morgan fingerprint density at radius 1 is 1.22 bits per heavy atom. The fourth-order valence-electron chi connectivity index (χ4n) is 2.39. The Labute approximate surface area is 119 Å². The summed E-state index contributed by atoms with van der Waals surface area (Å²) >= 11 is 12.3. The maximum Gasteiger partial charge on any atom is 0.156 e. The standard InChI is InChI=1S/C14H19Cl2NO/c1-2-18-14-12(15)7-10(8-13(14)16)9-17-11-5-3-4-6-11/h7-8,11,17H,2-6,9H2,1H3. The fourth-order valence-corrected chi connectivity index (χ4v) is 3.03. The number of hydrogen-bond acceptors (Lipinski definition) is 2. The van der Waals surface area contributed by atoms with Gasteiger partial charge in [-0.1, -0.05) is 36.0 Å². The summed E-state index contributed by atoms with van der Waals surface area (Å²) in [7, 11) is 0. The summed E-state index contributed by atoms with van der Waals surface area (Å²) in [4.78, 5) is 0. The minimum absolute atomic E-state index is 0.569. The lowest BCUT2D eigenvalue weighted by atomic mass is 10.2. The largest absolute Gasteiger partial charge is 0.491 e. The second-order valence-electron chi connectivity index (χ2n) is 4.68. The highest BCUT2D eigenvalue weighted by molar-refractivity contribution is 6.37. The molecule has 0 aromatic heterocycles. The molecule has 100 valence electrons. The van der Waals surface area contributed by atoms with Gasteiger partial charge in [-0.05, 0) is 37.5 Å². The van der Waals surface area contributed by atoms with Crippen molar-refractivity contribution in [3.05, 3.63) is 27.7 Å². The molecule has 2 nitrogen and oxygen atoms in total. The van der Waals surface area contributed by atoms with E-state index < -0.39 is 0 Å². The molecule has 0 bridgehead atoms. The van der Waals surface area contributed by atoms with E-state index in [1.54, 1.807) is 0 Å². The smallest absolute Gasteiger partial charge is 0.156 e. The highest BCUT2D eigenvalue weighted by Gasteiger charge is 2.15. The van der Waals surface area contributed by atoms with Crippen LogP contribution in [0.1, 0.15) is 38.2 Å². The summed E-state index contributed by atoms with van der Waals surface area (Å²) in [5.41, 5.74) is 1.11. The zero-order chi connectivity index (χ0) is 13.0. The van der Waals surface area contributed by atoms with Crippen LogP contribution in [0.5, 0.6) is 5.75 Å². The Kier molecular flexibility index (Phi) is 5.16. The molecule has 1 aliphatic carbocycles. The maximum absolute atomic E-state index is 6.17. The second-order valence-corrected chi connectivity index (χ2v) is 5.50. The van der Waals surface area contributed by atoms with Gasteiger partial charge >= 0.3 is 0 Å². The van der Waals surface area contributed by atoms with E-state index in [9.17, 15) is 0 Å². The monoisotopic (exact) mass is 287 g/mol. The minimum Gasteiger partial charge on any atom is -0.491 e. The molecule has 0 spiro atoms. The molecule has 1 saturated carbocycles.